The number of carbonyl (C=O) groups excluding carboxylic acids is 2. The van der Waals surface area contributed by atoms with Gasteiger partial charge in [0.05, 0.1) is 23.4 Å². The average molecular weight is 616 g/mol. The predicted octanol–water partition coefficient (Wildman–Crippen LogP) is 5.18. The van der Waals surface area contributed by atoms with Crippen LogP contribution in [0.3, 0.4) is 0 Å². The monoisotopic (exact) mass is 615 g/mol. The van der Waals surface area contributed by atoms with Gasteiger partial charge >= 0.3 is 0 Å². The van der Waals surface area contributed by atoms with Crippen molar-refractivity contribution >= 4 is 44.6 Å². The van der Waals surface area contributed by atoms with E-state index in [-0.39, 0.29) is 17.4 Å². The van der Waals surface area contributed by atoms with Crippen molar-refractivity contribution in [2.75, 3.05) is 36.5 Å². The normalized spacial score (nSPS) is 14.7. The Morgan fingerprint density at radius 3 is 2.61 bits per heavy atom. The lowest BCUT2D eigenvalue weighted by molar-refractivity contribution is -0.137. The Hall–Kier alpha value is -4.02. The molecule has 0 unspecified atom stereocenters. The lowest BCUT2D eigenvalue weighted by Crippen LogP contribution is -2.47. The second-order valence-electron chi connectivity index (χ2n) is 11.6. The molecule has 3 aromatic heterocycles. The number of rotatable bonds is 12. The number of aromatic nitrogens is 2. The summed E-state index contributed by atoms with van der Waals surface area (Å²) in [5.74, 6) is 0.214. The Morgan fingerprint density at radius 1 is 1.02 bits per heavy atom. The number of hydrogen-bond donors (Lipinski definition) is 1. The molecule has 232 valence electrons. The molecular formula is C34H41N5O4S. The Labute approximate surface area is 262 Å². The standard InChI is InChI=1S/C34H41N5O4S/c1-6-25-21-26-30(44-25)14-18-38(31(26)40)17-13-27-23(10-8-16-36-27)22-35-15-9-19-43-24-11-12-28-29(20-24)37(5)32(41)34(3,4)33(42)39(28)7-2/h8,10-12,14,16,18,20-21,35H,6-7,9,13,15,17,19,22H2,1-5H3. The van der Waals surface area contributed by atoms with E-state index in [0.717, 1.165) is 40.7 Å². The van der Waals surface area contributed by atoms with Gasteiger partial charge in [-0.15, -0.1) is 11.3 Å². The van der Waals surface area contributed by atoms with Gasteiger partial charge in [-0.3, -0.25) is 19.4 Å². The van der Waals surface area contributed by atoms with E-state index >= 15 is 0 Å². The molecule has 0 fully saturated rings. The van der Waals surface area contributed by atoms with E-state index in [0.29, 0.717) is 49.8 Å². The second kappa shape index (κ2) is 13.3. The number of amides is 2. The number of hydrogen-bond acceptors (Lipinski definition) is 7. The number of carbonyl (C=O) groups is 2. The molecule has 4 aromatic rings. The van der Waals surface area contributed by atoms with Gasteiger partial charge < -0.3 is 24.4 Å². The molecule has 1 N–H and O–H groups in total. The maximum Gasteiger partial charge on any atom is 0.259 e. The quantitative estimate of drug-likeness (QED) is 0.174. The van der Waals surface area contributed by atoms with Crippen LogP contribution in [0.1, 0.15) is 50.3 Å². The molecular weight excluding hydrogens is 574 g/mol. The molecule has 44 heavy (non-hydrogen) atoms. The predicted molar refractivity (Wildman–Crippen MR) is 177 cm³/mol. The van der Waals surface area contributed by atoms with Crippen molar-refractivity contribution in [1.29, 1.82) is 0 Å². The summed E-state index contributed by atoms with van der Waals surface area (Å²) >= 11 is 1.69. The average Bonchev–Trinajstić information content (AvgIpc) is 3.45. The first kappa shape index (κ1) is 31.4. The number of anilines is 2. The van der Waals surface area contributed by atoms with Gasteiger partial charge in [0, 0.05) is 66.8 Å². The summed E-state index contributed by atoms with van der Waals surface area (Å²) < 4.78 is 8.86. The van der Waals surface area contributed by atoms with Crippen LogP contribution in [0.2, 0.25) is 0 Å². The third-order valence-electron chi connectivity index (χ3n) is 8.25. The van der Waals surface area contributed by atoms with Crippen molar-refractivity contribution in [3.63, 3.8) is 0 Å². The van der Waals surface area contributed by atoms with E-state index in [1.807, 2.05) is 49.5 Å². The topological polar surface area (TPSA) is 96.8 Å². The van der Waals surface area contributed by atoms with Crippen LogP contribution in [0.25, 0.3) is 10.1 Å². The first-order valence-corrected chi connectivity index (χ1v) is 16.1. The maximum atomic E-state index is 13.1. The summed E-state index contributed by atoms with van der Waals surface area (Å²) in [4.78, 5) is 48.2. The molecule has 0 saturated carbocycles. The molecule has 0 spiro atoms. The molecule has 10 heteroatoms. The van der Waals surface area contributed by atoms with Gasteiger partial charge in [-0.2, -0.15) is 0 Å². The van der Waals surface area contributed by atoms with Gasteiger partial charge in [0.1, 0.15) is 11.2 Å². The van der Waals surface area contributed by atoms with E-state index < -0.39 is 5.41 Å². The number of pyridine rings is 2. The number of aryl methyl sites for hydroxylation is 3. The minimum absolute atomic E-state index is 0.0572. The third kappa shape index (κ3) is 6.27. The van der Waals surface area contributed by atoms with Crippen LogP contribution >= 0.6 is 11.3 Å². The number of thiophene rings is 1. The van der Waals surface area contributed by atoms with Crippen molar-refractivity contribution in [3.8, 4) is 5.75 Å². The summed E-state index contributed by atoms with van der Waals surface area (Å²) in [6.07, 6.45) is 6.08. The molecule has 0 atom stereocenters. The first-order chi connectivity index (χ1) is 21.1. The number of ether oxygens (including phenoxy) is 1. The van der Waals surface area contributed by atoms with Crippen LogP contribution in [0.5, 0.6) is 5.75 Å². The summed E-state index contributed by atoms with van der Waals surface area (Å²) in [7, 11) is 1.71. The SMILES string of the molecule is CCc1cc2c(=O)n(CCc3ncccc3CNCCCOc3ccc4c(c3)N(C)C(=O)C(C)(C)C(=O)N4CC)ccc2s1. The van der Waals surface area contributed by atoms with E-state index in [1.54, 1.807) is 52.8 Å². The Morgan fingerprint density at radius 2 is 1.84 bits per heavy atom. The fraction of sp³-hybridized carbons (Fsp3) is 0.412. The molecule has 4 heterocycles. The van der Waals surface area contributed by atoms with Crippen LogP contribution in [0.15, 0.2) is 59.7 Å². The number of benzene rings is 1. The summed E-state index contributed by atoms with van der Waals surface area (Å²) in [5, 5.41) is 4.28. The van der Waals surface area contributed by atoms with Crippen LogP contribution in [0, 0.1) is 5.41 Å². The van der Waals surface area contributed by atoms with Gasteiger partial charge in [-0.05, 0) is 76.1 Å². The lowest BCUT2D eigenvalue weighted by Gasteiger charge is -2.27. The largest absolute Gasteiger partial charge is 0.493 e. The Kier molecular flexibility index (Phi) is 9.51. The van der Waals surface area contributed by atoms with E-state index in [1.165, 1.54) is 4.88 Å². The smallest absolute Gasteiger partial charge is 0.259 e. The van der Waals surface area contributed by atoms with Gasteiger partial charge in [0.2, 0.25) is 11.8 Å². The molecule has 1 aliphatic heterocycles. The molecule has 0 saturated heterocycles. The van der Waals surface area contributed by atoms with Crippen molar-refractivity contribution in [3.05, 3.63) is 81.3 Å². The van der Waals surface area contributed by atoms with Crippen LogP contribution < -0.4 is 25.4 Å². The van der Waals surface area contributed by atoms with Crippen LogP contribution in [0.4, 0.5) is 11.4 Å². The molecule has 0 aliphatic carbocycles. The number of nitrogens with zero attached hydrogens (tertiary/aromatic N) is 4. The van der Waals surface area contributed by atoms with Crippen molar-refractivity contribution in [2.45, 2.75) is 60.0 Å². The Balaban J connectivity index is 1.13. The van der Waals surface area contributed by atoms with Crippen molar-refractivity contribution in [2.24, 2.45) is 5.41 Å². The highest BCUT2D eigenvalue weighted by Crippen LogP contribution is 2.40. The maximum absolute atomic E-state index is 13.1. The van der Waals surface area contributed by atoms with Crippen molar-refractivity contribution in [1.82, 2.24) is 14.9 Å². The van der Waals surface area contributed by atoms with E-state index in [2.05, 4.69) is 23.3 Å². The van der Waals surface area contributed by atoms with Gasteiger partial charge in [-0.1, -0.05) is 13.0 Å². The summed E-state index contributed by atoms with van der Waals surface area (Å²) in [5.41, 5.74) is 2.39. The summed E-state index contributed by atoms with van der Waals surface area (Å²) in [6.45, 7) is 10.3. The lowest BCUT2D eigenvalue weighted by atomic mass is 9.90. The molecule has 0 radical (unpaired) electrons. The van der Waals surface area contributed by atoms with Crippen LogP contribution in [-0.2, 0) is 35.5 Å². The van der Waals surface area contributed by atoms with Gasteiger partial charge in [0.25, 0.3) is 5.56 Å². The fourth-order valence-corrected chi connectivity index (χ4v) is 6.63. The minimum Gasteiger partial charge on any atom is -0.493 e. The third-order valence-corrected chi connectivity index (χ3v) is 9.49. The zero-order valence-electron chi connectivity index (χ0n) is 26.2. The highest BCUT2D eigenvalue weighted by Gasteiger charge is 2.45. The van der Waals surface area contributed by atoms with E-state index in [4.69, 9.17) is 4.74 Å². The number of fused-ring (bicyclic) bond motifs is 2. The van der Waals surface area contributed by atoms with E-state index in [9.17, 15) is 14.4 Å². The number of nitrogens with one attached hydrogen (secondary N) is 1. The molecule has 0 bridgehead atoms. The van der Waals surface area contributed by atoms with Gasteiger partial charge in [0.15, 0.2) is 0 Å². The van der Waals surface area contributed by atoms with Crippen molar-refractivity contribution < 1.29 is 14.3 Å². The minimum atomic E-state index is -1.14. The summed E-state index contributed by atoms with van der Waals surface area (Å²) in [6, 6.07) is 13.6. The van der Waals surface area contributed by atoms with Crippen LogP contribution in [-0.4, -0.2) is 48.1 Å². The molecule has 5 rings (SSSR count). The van der Waals surface area contributed by atoms with Gasteiger partial charge in [-0.25, -0.2) is 0 Å². The Bertz CT molecular complexity index is 1730. The zero-order chi connectivity index (χ0) is 31.4. The first-order valence-electron chi connectivity index (χ1n) is 15.3. The molecule has 9 nitrogen and oxygen atoms in total. The highest BCUT2D eigenvalue weighted by molar-refractivity contribution is 7.19. The molecule has 1 aliphatic rings. The molecule has 2 amide bonds. The highest BCUT2D eigenvalue weighted by atomic mass is 32.1. The fourth-order valence-electron chi connectivity index (χ4n) is 5.64. The zero-order valence-corrected chi connectivity index (χ0v) is 27.0. The second-order valence-corrected chi connectivity index (χ2v) is 12.8. The molecule has 1 aromatic carbocycles.